The molecule has 2 N–H and O–H groups in total. The van der Waals surface area contributed by atoms with Gasteiger partial charge in [0.05, 0.1) is 5.69 Å². The molecule has 2 aromatic rings. The number of hydrogen-bond acceptors (Lipinski definition) is 4. The zero-order valence-electron chi connectivity index (χ0n) is 13.7. The van der Waals surface area contributed by atoms with E-state index in [1.54, 1.807) is 50.2 Å². The van der Waals surface area contributed by atoms with E-state index in [1.165, 1.54) is 0 Å². The number of aliphatic hydroxyl groups excluding tert-OH is 1. The quantitative estimate of drug-likeness (QED) is 0.847. The van der Waals surface area contributed by atoms with Crippen molar-refractivity contribution in [3.63, 3.8) is 0 Å². The third-order valence-electron chi connectivity index (χ3n) is 3.76. The molecule has 0 unspecified atom stereocenters. The molecule has 0 aliphatic heterocycles. The van der Waals surface area contributed by atoms with E-state index >= 15 is 0 Å². The fraction of sp³-hybridized carbons (Fsp3) is 0.500. The highest BCUT2D eigenvalue weighted by molar-refractivity contribution is 5.61. The van der Waals surface area contributed by atoms with Gasteiger partial charge in [0.2, 0.25) is 0 Å². The maximum Gasteiger partial charge on any atom is 0.415 e. The van der Waals surface area contributed by atoms with E-state index in [4.69, 9.17) is 0 Å². The second-order valence-corrected chi connectivity index (χ2v) is 6.06. The van der Waals surface area contributed by atoms with Gasteiger partial charge in [-0.2, -0.15) is 18.3 Å². The molecule has 0 fully saturated rings. The Hall–Kier alpha value is -1.93. The minimum absolute atomic E-state index is 0.161. The number of nitrogens with zero attached hydrogens (tertiary/aromatic N) is 3. The Morgan fingerprint density at radius 3 is 2.58 bits per heavy atom. The predicted octanol–water partition coefficient (Wildman–Crippen LogP) is 2.52. The largest absolute Gasteiger partial charge is 0.415 e. The van der Waals surface area contributed by atoms with Crippen molar-refractivity contribution in [1.29, 1.82) is 0 Å². The molecule has 0 radical (unpaired) electrons. The van der Waals surface area contributed by atoms with Crippen LogP contribution in [0.1, 0.15) is 19.4 Å². The second kappa shape index (κ2) is 7.31. The van der Waals surface area contributed by atoms with E-state index in [-0.39, 0.29) is 12.5 Å². The van der Waals surface area contributed by atoms with E-state index < -0.39 is 18.3 Å². The van der Waals surface area contributed by atoms with Crippen LogP contribution in [0.3, 0.4) is 0 Å². The highest BCUT2D eigenvalue weighted by Crippen LogP contribution is 2.26. The van der Waals surface area contributed by atoms with Gasteiger partial charge < -0.3 is 10.4 Å². The molecule has 8 heteroatoms. The van der Waals surface area contributed by atoms with Crippen LogP contribution in [0, 0.1) is 5.92 Å². The number of pyridine rings is 1. The topological polar surface area (TPSA) is 63.0 Å². The summed E-state index contributed by atoms with van der Waals surface area (Å²) in [6.07, 6.45) is -2.05. The van der Waals surface area contributed by atoms with Crippen LogP contribution < -0.4 is 5.32 Å². The van der Waals surface area contributed by atoms with E-state index in [0.717, 1.165) is 11.1 Å². The molecule has 0 aliphatic carbocycles. The molecule has 0 saturated heterocycles. The van der Waals surface area contributed by atoms with Crippen molar-refractivity contribution in [3.05, 3.63) is 36.3 Å². The molecule has 0 bridgehead atoms. The van der Waals surface area contributed by atoms with Crippen LogP contribution in [0.25, 0.3) is 11.3 Å². The van der Waals surface area contributed by atoms with E-state index in [1.807, 2.05) is 6.07 Å². The summed E-state index contributed by atoms with van der Waals surface area (Å²) in [7, 11) is 1.74. The normalized spacial score (nSPS) is 14.8. The molecular formula is C16H21F3N4O. The van der Waals surface area contributed by atoms with Gasteiger partial charge in [0.25, 0.3) is 0 Å². The molecular weight excluding hydrogens is 321 g/mol. The number of halogens is 3. The molecule has 0 aromatic carbocycles. The lowest BCUT2D eigenvalue weighted by atomic mass is 9.97. The highest BCUT2D eigenvalue weighted by Gasteiger charge is 2.44. The predicted molar refractivity (Wildman–Crippen MR) is 84.0 cm³/mol. The van der Waals surface area contributed by atoms with Crippen LogP contribution in [-0.2, 0) is 13.6 Å². The number of aryl methyl sites for hydroxylation is 1. The number of alkyl halides is 3. The number of aromatic nitrogens is 3. The van der Waals surface area contributed by atoms with Gasteiger partial charge in [0.15, 0.2) is 6.10 Å². The van der Waals surface area contributed by atoms with Crippen molar-refractivity contribution in [2.75, 3.05) is 0 Å². The average Bonchev–Trinajstić information content (AvgIpc) is 2.88. The van der Waals surface area contributed by atoms with Crippen LogP contribution in [0.5, 0.6) is 0 Å². The third kappa shape index (κ3) is 4.33. The van der Waals surface area contributed by atoms with E-state index in [0.29, 0.717) is 5.69 Å². The van der Waals surface area contributed by atoms with E-state index in [9.17, 15) is 18.3 Å². The number of rotatable bonds is 6. The summed E-state index contributed by atoms with van der Waals surface area (Å²) < 4.78 is 40.1. The van der Waals surface area contributed by atoms with Gasteiger partial charge in [-0.05, 0) is 18.1 Å². The first-order valence-electron chi connectivity index (χ1n) is 7.61. The average molecular weight is 342 g/mol. The van der Waals surface area contributed by atoms with Crippen molar-refractivity contribution in [2.24, 2.45) is 13.0 Å². The van der Waals surface area contributed by atoms with Crippen LogP contribution in [-0.4, -0.2) is 38.2 Å². The Balaban J connectivity index is 2.19. The Labute approximate surface area is 138 Å². The summed E-state index contributed by atoms with van der Waals surface area (Å²) in [5.74, 6) is -0.389. The molecule has 2 rings (SSSR count). The summed E-state index contributed by atoms with van der Waals surface area (Å²) in [6, 6.07) is 2.50. The van der Waals surface area contributed by atoms with Crippen molar-refractivity contribution in [3.8, 4) is 11.3 Å². The zero-order valence-corrected chi connectivity index (χ0v) is 13.7. The Morgan fingerprint density at radius 1 is 1.33 bits per heavy atom. The molecule has 0 amide bonds. The van der Waals surface area contributed by atoms with Crippen LogP contribution >= 0.6 is 0 Å². The summed E-state index contributed by atoms with van der Waals surface area (Å²) in [6.45, 7) is 3.43. The van der Waals surface area contributed by atoms with Gasteiger partial charge in [-0.1, -0.05) is 13.8 Å². The molecule has 2 heterocycles. The van der Waals surface area contributed by atoms with Gasteiger partial charge in [0, 0.05) is 49.4 Å². The molecule has 132 valence electrons. The summed E-state index contributed by atoms with van der Waals surface area (Å²) in [4.78, 5) is 4.04. The lowest BCUT2D eigenvalue weighted by Crippen LogP contribution is -2.50. The SMILES string of the molecule is CC(C)[C@H](NCc1cn(C)nc1-c1cccnc1)[C@H](O)C(F)(F)F. The number of aliphatic hydroxyl groups is 1. The number of nitrogens with one attached hydrogen (secondary N) is 1. The van der Waals surface area contributed by atoms with Crippen LogP contribution in [0.15, 0.2) is 30.7 Å². The first-order valence-corrected chi connectivity index (χ1v) is 7.61. The fourth-order valence-corrected chi connectivity index (χ4v) is 2.56. The van der Waals surface area contributed by atoms with Gasteiger partial charge in [0.1, 0.15) is 0 Å². The zero-order chi connectivity index (χ0) is 17.9. The van der Waals surface area contributed by atoms with Crippen molar-refractivity contribution >= 4 is 0 Å². The Kier molecular flexibility index (Phi) is 5.61. The van der Waals surface area contributed by atoms with Crippen molar-refractivity contribution < 1.29 is 18.3 Å². The maximum atomic E-state index is 12.8. The standard InChI is InChI=1S/C16H21F3N4O/c1-10(2)13(15(24)16(17,18)19)21-8-12-9-23(3)22-14(12)11-5-4-6-20-7-11/h4-7,9-10,13,15,21,24H,8H2,1-3H3/t13-,15-/m0/s1. The van der Waals surface area contributed by atoms with Crippen molar-refractivity contribution in [1.82, 2.24) is 20.1 Å². The highest BCUT2D eigenvalue weighted by atomic mass is 19.4. The second-order valence-electron chi connectivity index (χ2n) is 6.06. The molecule has 2 aromatic heterocycles. The van der Waals surface area contributed by atoms with Crippen LogP contribution in [0.4, 0.5) is 13.2 Å². The molecule has 0 spiro atoms. The Morgan fingerprint density at radius 2 is 2.04 bits per heavy atom. The molecule has 5 nitrogen and oxygen atoms in total. The molecule has 0 saturated carbocycles. The van der Waals surface area contributed by atoms with Gasteiger partial charge in [-0.25, -0.2) is 0 Å². The van der Waals surface area contributed by atoms with Gasteiger partial charge >= 0.3 is 6.18 Å². The van der Waals surface area contributed by atoms with E-state index in [2.05, 4.69) is 15.4 Å². The van der Waals surface area contributed by atoms with Crippen LogP contribution in [0.2, 0.25) is 0 Å². The fourth-order valence-electron chi connectivity index (χ4n) is 2.56. The first-order chi connectivity index (χ1) is 11.2. The van der Waals surface area contributed by atoms with Gasteiger partial charge in [-0.15, -0.1) is 0 Å². The lowest BCUT2D eigenvalue weighted by Gasteiger charge is -2.29. The van der Waals surface area contributed by atoms with Crippen molar-refractivity contribution in [2.45, 2.75) is 38.7 Å². The summed E-state index contributed by atoms with van der Waals surface area (Å²) in [5, 5.41) is 16.7. The number of hydrogen-bond donors (Lipinski definition) is 2. The smallest absolute Gasteiger partial charge is 0.382 e. The summed E-state index contributed by atoms with van der Waals surface area (Å²) in [5.41, 5.74) is 2.18. The Bertz CT molecular complexity index is 655. The minimum atomic E-state index is -4.66. The summed E-state index contributed by atoms with van der Waals surface area (Å²) >= 11 is 0. The first kappa shape index (κ1) is 18.4. The molecule has 24 heavy (non-hydrogen) atoms. The maximum absolute atomic E-state index is 12.8. The monoisotopic (exact) mass is 342 g/mol. The lowest BCUT2D eigenvalue weighted by molar-refractivity contribution is -0.215. The molecule has 0 aliphatic rings. The van der Waals surface area contributed by atoms with Gasteiger partial charge in [-0.3, -0.25) is 9.67 Å². The molecule has 2 atom stereocenters. The minimum Gasteiger partial charge on any atom is -0.382 e. The third-order valence-corrected chi connectivity index (χ3v) is 3.76.